The molecule has 1 amide bonds. The summed E-state index contributed by atoms with van der Waals surface area (Å²) in [6, 6.07) is 12.3. The number of aromatic hydroxyl groups is 1. The second-order valence-electron chi connectivity index (χ2n) is 7.97. The van der Waals surface area contributed by atoms with Crippen LogP contribution < -0.4 is 5.32 Å². The van der Waals surface area contributed by atoms with Crippen LogP contribution in [0.4, 0.5) is 4.39 Å². The van der Waals surface area contributed by atoms with Crippen molar-refractivity contribution in [2.75, 3.05) is 6.54 Å². The van der Waals surface area contributed by atoms with Crippen LogP contribution in [0.2, 0.25) is 0 Å². The molecule has 0 spiro atoms. The van der Waals surface area contributed by atoms with Crippen LogP contribution in [0.25, 0.3) is 0 Å². The molecule has 2 N–H and O–H groups in total. The molecule has 5 nitrogen and oxygen atoms in total. The van der Waals surface area contributed by atoms with Crippen molar-refractivity contribution < 1.29 is 23.9 Å². The lowest BCUT2D eigenvalue weighted by Gasteiger charge is -2.26. The lowest BCUT2D eigenvalue weighted by atomic mass is 9.76. The smallest absolute Gasteiger partial charge is 0.255 e. The van der Waals surface area contributed by atoms with Crippen molar-refractivity contribution in [3.8, 4) is 5.75 Å². The molecule has 3 rings (SSSR count). The highest BCUT2D eigenvalue weighted by Gasteiger charge is 2.33. The van der Waals surface area contributed by atoms with E-state index in [1.807, 2.05) is 0 Å². The van der Waals surface area contributed by atoms with Gasteiger partial charge in [-0.2, -0.15) is 0 Å². The Morgan fingerprint density at radius 1 is 0.969 bits per heavy atom. The van der Waals surface area contributed by atoms with E-state index in [1.54, 1.807) is 45.0 Å². The van der Waals surface area contributed by atoms with Crippen molar-refractivity contribution in [3.05, 3.63) is 87.8 Å². The lowest BCUT2D eigenvalue weighted by Crippen LogP contribution is -2.27. The van der Waals surface area contributed by atoms with Crippen LogP contribution >= 0.6 is 0 Å². The molecule has 166 valence electrons. The van der Waals surface area contributed by atoms with Gasteiger partial charge in [0.15, 0.2) is 11.6 Å². The average molecular weight is 435 g/mol. The molecule has 1 unspecified atom stereocenters. The first kappa shape index (κ1) is 23.1. The van der Waals surface area contributed by atoms with E-state index in [1.165, 1.54) is 24.3 Å². The zero-order chi connectivity index (χ0) is 23.4. The van der Waals surface area contributed by atoms with Gasteiger partial charge in [0, 0.05) is 34.8 Å². The molecule has 1 aliphatic rings. The number of phenols is 1. The Bertz CT molecular complexity index is 1150. The highest BCUT2D eigenvalue weighted by atomic mass is 19.1. The summed E-state index contributed by atoms with van der Waals surface area (Å²) in [4.78, 5) is 38.1. The third-order valence-corrected chi connectivity index (χ3v) is 5.94. The number of benzene rings is 2. The summed E-state index contributed by atoms with van der Waals surface area (Å²) in [6.45, 7) is 5.21. The summed E-state index contributed by atoms with van der Waals surface area (Å²) in [5, 5.41) is 12.6. The number of carbonyl (C=O) groups is 3. The first-order valence-corrected chi connectivity index (χ1v) is 10.5. The minimum absolute atomic E-state index is 0.104. The second-order valence-corrected chi connectivity index (χ2v) is 7.97. The summed E-state index contributed by atoms with van der Waals surface area (Å²) in [5.74, 6) is -1.78. The largest absolute Gasteiger partial charge is 0.507 e. The van der Waals surface area contributed by atoms with Gasteiger partial charge in [-0.15, -0.1) is 0 Å². The van der Waals surface area contributed by atoms with Crippen LogP contribution in [-0.2, 0) is 9.59 Å². The van der Waals surface area contributed by atoms with Gasteiger partial charge >= 0.3 is 0 Å². The third-order valence-electron chi connectivity index (χ3n) is 5.94. The summed E-state index contributed by atoms with van der Waals surface area (Å²) in [7, 11) is 0. The second kappa shape index (κ2) is 9.73. The molecule has 0 radical (unpaired) electrons. The van der Waals surface area contributed by atoms with Crippen LogP contribution in [0.1, 0.15) is 55.5 Å². The number of halogens is 1. The molecule has 6 heteroatoms. The van der Waals surface area contributed by atoms with Gasteiger partial charge in [-0.25, -0.2) is 4.39 Å². The molecule has 0 saturated heterocycles. The Labute approximate surface area is 186 Å². The lowest BCUT2D eigenvalue weighted by molar-refractivity contribution is -0.116. The molecule has 1 aliphatic carbocycles. The minimum Gasteiger partial charge on any atom is -0.507 e. The highest BCUT2D eigenvalue weighted by Crippen LogP contribution is 2.37. The Kier molecular flexibility index (Phi) is 7.03. The molecule has 2 aromatic carbocycles. The maximum atomic E-state index is 14.0. The zero-order valence-corrected chi connectivity index (χ0v) is 18.4. The quantitative estimate of drug-likeness (QED) is 0.491. The number of Topliss-reactive ketones (excluding diaryl/α,β-unsaturated/α-hetero) is 2. The van der Waals surface area contributed by atoms with Crippen molar-refractivity contribution in [1.29, 1.82) is 0 Å². The van der Waals surface area contributed by atoms with Gasteiger partial charge in [-0.3, -0.25) is 14.4 Å². The molecule has 0 saturated carbocycles. The van der Waals surface area contributed by atoms with E-state index in [-0.39, 0.29) is 22.9 Å². The minimum atomic E-state index is -0.479. The normalized spacial score (nSPS) is 15.2. The number of allylic oxidation sites excluding steroid dienone is 4. The summed E-state index contributed by atoms with van der Waals surface area (Å²) in [5.41, 5.74) is 2.40. The molecule has 1 atom stereocenters. The first-order valence-electron chi connectivity index (χ1n) is 10.5. The maximum Gasteiger partial charge on any atom is 0.255 e. The SMILES string of the molecule is CC1=C(C)C(=O)C(C(CCCNC(=O)c2ccccc2O)c2cccc(F)c2)=C(C)C1=O. The molecular weight excluding hydrogens is 409 g/mol. The molecule has 0 aromatic heterocycles. The first-order chi connectivity index (χ1) is 15.2. The third kappa shape index (κ3) is 4.69. The fraction of sp³-hybridized carbons (Fsp3) is 0.269. The van der Waals surface area contributed by atoms with Crippen molar-refractivity contribution in [1.82, 2.24) is 5.32 Å². The Morgan fingerprint density at radius 3 is 2.34 bits per heavy atom. The van der Waals surface area contributed by atoms with Crippen LogP contribution in [0.5, 0.6) is 5.75 Å². The fourth-order valence-corrected chi connectivity index (χ4v) is 4.01. The van der Waals surface area contributed by atoms with E-state index in [9.17, 15) is 23.9 Å². The van der Waals surface area contributed by atoms with Crippen LogP contribution in [0.15, 0.2) is 70.8 Å². The molecule has 0 heterocycles. The average Bonchev–Trinajstić information content (AvgIpc) is 2.78. The maximum absolute atomic E-state index is 14.0. The van der Waals surface area contributed by atoms with Crippen molar-refractivity contribution in [3.63, 3.8) is 0 Å². The number of phenolic OH excluding ortho intramolecular Hbond substituents is 1. The van der Waals surface area contributed by atoms with Gasteiger partial charge in [0.1, 0.15) is 11.6 Å². The number of carbonyl (C=O) groups excluding carboxylic acids is 3. The van der Waals surface area contributed by atoms with Gasteiger partial charge < -0.3 is 10.4 Å². The number of para-hydroxylation sites is 1. The number of nitrogens with one attached hydrogen (secondary N) is 1. The monoisotopic (exact) mass is 435 g/mol. The molecule has 2 aromatic rings. The van der Waals surface area contributed by atoms with Gasteiger partial charge in [-0.05, 0) is 63.4 Å². The van der Waals surface area contributed by atoms with Crippen LogP contribution in [0, 0.1) is 5.82 Å². The van der Waals surface area contributed by atoms with Gasteiger partial charge in [-0.1, -0.05) is 24.3 Å². The standard InChI is InChI=1S/C26H26FNO4/c1-15-16(2)25(31)23(17(3)24(15)30)20(18-8-6-9-19(27)14-18)11-7-13-28-26(32)21-10-4-5-12-22(21)29/h4-6,8-10,12,14,20,29H,7,11,13H2,1-3H3,(H,28,32). The van der Waals surface area contributed by atoms with E-state index in [0.29, 0.717) is 47.2 Å². The van der Waals surface area contributed by atoms with Gasteiger partial charge in [0.05, 0.1) is 5.56 Å². The van der Waals surface area contributed by atoms with E-state index in [4.69, 9.17) is 0 Å². The Morgan fingerprint density at radius 2 is 1.66 bits per heavy atom. The Hall–Kier alpha value is -3.54. The van der Waals surface area contributed by atoms with Gasteiger partial charge in [0.25, 0.3) is 5.91 Å². The predicted octanol–water partition coefficient (Wildman–Crippen LogP) is 4.63. The van der Waals surface area contributed by atoms with Crippen molar-refractivity contribution >= 4 is 17.5 Å². The number of hydrogen-bond acceptors (Lipinski definition) is 4. The van der Waals surface area contributed by atoms with Gasteiger partial charge in [0.2, 0.25) is 0 Å². The molecule has 0 bridgehead atoms. The summed E-state index contributed by atoms with van der Waals surface area (Å²) < 4.78 is 14.0. The Balaban J connectivity index is 1.81. The zero-order valence-electron chi connectivity index (χ0n) is 18.4. The van der Waals surface area contributed by atoms with E-state index in [2.05, 4.69) is 5.32 Å². The van der Waals surface area contributed by atoms with Crippen LogP contribution in [-0.4, -0.2) is 29.1 Å². The highest BCUT2D eigenvalue weighted by molar-refractivity contribution is 6.25. The van der Waals surface area contributed by atoms with Crippen molar-refractivity contribution in [2.45, 2.75) is 39.5 Å². The number of ketones is 2. The summed E-state index contributed by atoms with van der Waals surface area (Å²) in [6.07, 6.45) is 0.920. The molecular formula is C26H26FNO4. The van der Waals surface area contributed by atoms with E-state index in [0.717, 1.165) is 0 Å². The topological polar surface area (TPSA) is 83.5 Å². The number of amides is 1. The van der Waals surface area contributed by atoms with Crippen molar-refractivity contribution in [2.24, 2.45) is 0 Å². The summed E-state index contributed by atoms with van der Waals surface area (Å²) >= 11 is 0. The molecule has 32 heavy (non-hydrogen) atoms. The molecule has 0 fully saturated rings. The number of hydrogen-bond donors (Lipinski definition) is 2. The fourth-order valence-electron chi connectivity index (χ4n) is 4.01. The number of rotatable bonds is 7. The van der Waals surface area contributed by atoms with E-state index >= 15 is 0 Å². The molecule has 0 aliphatic heterocycles. The predicted molar refractivity (Wildman–Crippen MR) is 120 cm³/mol. The van der Waals surface area contributed by atoms with E-state index < -0.39 is 17.6 Å². The van der Waals surface area contributed by atoms with Crippen LogP contribution in [0.3, 0.4) is 0 Å².